The molecule has 0 fully saturated rings. The molecule has 2 amide bonds. The fourth-order valence-corrected chi connectivity index (χ4v) is 1.63. The van der Waals surface area contributed by atoms with E-state index in [-0.39, 0.29) is 6.54 Å². The van der Waals surface area contributed by atoms with Crippen LogP contribution in [-0.2, 0) is 9.59 Å². The molecule has 0 atom stereocenters. The van der Waals surface area contributed by atoms with Crippen LogP contribution in [0.25, 0.3) is 0 Å². The van der Waals surface area contributed by atoms with Gasteiger partial charge in [0.1, 0.15) is 6.54 Å². The van der Waals surface area contributed by atoms with Crippen LogP contribution in [0.3, 0.4) is 0 Å². The number of hydrogen-bond donors (Lipinski definition) is 2. The molecule has 18 heavy (non-hydrogen) atoms. The lowest BCUT2D eigenvalue weighted by Crippen LogP contribution is -2.35. The molecule has 0 heterocycles. The number of nitriles is 1. The first-order valence-corrected chi connectivity index (χ1v) is 5.98. The first-order chi connectivity index (χ1) is 8.45. The zero-order valence-electron chi connectivity index (χ0n) is 10.0. The summed E-state index contributed by atoms with van der Waals surface area (Å²) in [5.41, 5.74) is 2.47. The zero-order valence-corrected chi connectivity index (χ0v) is 11.6. The molecular weight excluding hydrogens is 298 g/mol. The van der Waals surface area contributed by atoms with Crippen LogP contribution in [0.1, 0.15) is 11.1 Å². The summed E-state index contributed by atoms with van der Waals surface area (Å²) in [5.74, 6) is -1.61. The van der Waals surface area contributed by atoms with Crippen molar-refractivity contribution in [3.63, 3.8) is 0 Å². The van der Waals surface area contributed by atoms with Crippen molar-refractivity contribution in [3.05, 3.63) is 27.7 Å². The summed E-state index contributed by atoms with van der Waals surface area (Å²) >= 11 is 3.41. The molecule has 0 radical (unpaired) electrons. The molecule has 0 aliphatic heterocycles. The third-order valence-corrected chi connectivity index (χ3v) is 3.48. The third kappa shape index (κ3) is 3.57. The molecule has 1 aromatic carbocycles. The van der Waals surface area contributed by atoms with Gasteiger partial charge in [-0.3, -0.25) is 9.59 Å². The number of hydrogen-bond acceptors (Lipinski definition) is 3. The smallest absolute Gasteiger partial charge is 0.313 e. The van der Waals surface area contributed by atoms with Gasteiger partial charge in [-0.05, 0) is 37.1 Å². The summed E-state index contributed by atoms with van der Waals surface area (Å²) in [6.45, 7) is 3.59. The Bertz CT molecular complexity index is 512. The molecule has 94 valence electrons. The van der Waals surface area contributed by atoms with Gasteiger partial charge < -0.3 is 10.6 Å². The second-order valence-corrected chi connectivity index (χ2v) is 4.51. The second kappa shape index (κ2) is 6.17. The van der Waals surface area contributed by atoms with Crippen molar-refractivity contribution >= 4 is 33.4 Å². The van der Waals surface area contributed by atoms with Crippen molar-refractivity contribution in [2.75, 3.05) is 11.9 Å². The van der Waals surface area contributed by atoms with Crippen LogP contribution in [0.4, 0.5) is 5.69 Å². The number of nitrogens with zero attached hydrogens (tertiary/aromatic N) is 1. The number of carbonyl (C=O) groups is 2. The minimum atomic E-state index is -0.824. The molecule has 6 heteroatoms. The first kappa shape index (κ1) is 14.2. The Hall–Kier alpha value is -1.87. The molecule has 0 spiro atoms. The van der Waals surface area contributed by atoms with E-state index < -0.39 is 11.8 Å². The van der Waals surface area contributed by atoms with Gasteiger partial charge in [0.25, 0.3) is 0 Å². The van der Waals surface area contributed by atoms with Crippen molar-refractivity contribution in [3.8, 4) is 6.07 Å². The maximum atomic E-state index is 11.5. The molecule has 5 nitrogen and oxygen atoms in total. The van der Waals surface area contributed by atoms with E-state index in [1.165, 1.54) is 0 Å². The number of nitrogens with one attached hydrogen (secondary N) is 2. The number of benzene rings is 1. The lowest BCUT2D eigenvalue weighted by Gasteiger charge is -2.09. The van der Waals surface area contributed by atoms with E-state index in [4.69, 9.17) is 5.26 Å². The highest BCUT2D eigenvalue weighted by Crippen LogP contribution is 2.24. The molecule has 0 saturated carbocycles. The Morgan fingerprint density at radius 3 is 2.33 bits per heavy atom. The summed E-state index contributed by atoms with van der Waals surface area (Å²) in [5, 5.41) is 12.9. The predicted octanol–water partition coefficient (Wildman–Crippen LogP) is 1.64. The summed E-state index contributed by atoms with van der Waals surface area (Å²) in [6, 6.07) is 5.24. The second-order valence-electron chi connectivity index (χ2n) is 3.72. The number of halogens is 1. The van der Waals surface area contributed by atoms with Gasteiger partial charge in [0.05, 0.1) is 6.07 Å². The van der Waals surface area contributed by atoms with Crippen LogP contribution in [0.15, 0.2) is 16.6 Å². The Balaban J connectivity index is 2.77. The van der Waals surface area contributed by atoms with Gasteiger partial charge in [0.15, 0.2) is 0 Å². The fourth-order valence-electron chi connectivity index (χ4n) is 1.41. The molecule has 1 aromatic rings. The minimum absolute atomic E-state index is 0.190. The summed E-state index contributed by atoms with van der Waals surface area (Å²) in [6.07, 6.45) is 0. The lowest BCUT2D eigenvalue weighted by atomic mass is 10.1. The molecule has 0 saturated heterocycles. The number of aryl methyl sites for hydroxylation is 2. The van der Waals surface area contributed by atoms with E-state index >= 15 is 0 Å². The summed E-state index contributed by atoms with van der Waals surface area (Å²) in [4.78, 5) is 22.7. The molecule has 0 aromatic heterocycles. The third-order valence-electron chi connectivity index (χ3n) is 2.23. The highest BCUT2D eigenvalue weighted by molar-refractivity contribution is 9.10. The van der Waals surface area contributed by atoms with Gasteiger partial charge in [-0.2, -0.15) is 5.26 Å². The fraction of sp³-hybridized carbons (Fsp3) is 0.250. The molecular formula is C12H12BrN3O2. The SMILES string of the molecule is Cc1cc(NC(=O)C(=O)NCC#N)cc(C)c1Br. The number of amides is 2. The van der Waals surface area contributed by atoms with E-state index in [0.717, 1.165) is 15.6 Å². The Labute approximate surface area is 113 Å². The van der Waals surface area contributed by atoms with Crippen LogP contribution in [0, 0.1) is 25.2 Å². The van der Waals surface area contributed by atoms with Crippen LogP contribution >= 0.6 is 15.9 Å². The van der Waals surface area contributed by atoms with Crippen LogP contribution < -0.4 is 10.6 Å². The first-order valence-electron chi connectivity index (χ1n) is 5.18. The van der Waals surface area contributed by atoms with Gasteiger partial charge >= 0.3 is 11.8 Å². The van der Waals surface area contributed by atoms with E-state index in [0.29, 0.717) is 5.69 Å². The van der Waals surface area contributed by atoms with Gasteiger partial charge in [-0.25, -0.2) is 0 Å². The number of rotatable bonds is 2. The van der Waals surface area contributed by atoms with Crippen molar-refractivity contribution in [1.29, 1.82) is 5.26 Å². The van der Waals surface area contributed by atoms with Crippen molar-refractivity contribution < 1.29 is 9.59 Å². The predicted molar refractivity (Wildman–Crippen MR) is 70.9 cm³/mol. The average Bonchev–Trinajstić information content (AvgIpc) is 2.32. The Kier molecular flexibility index (Phi) is 4.86. The summed E-state index contributed by atoms with van der Waals surface area (Å²) in [7, 11) is 0. The van der Waals surface area contributed by atoms with Crippen molar-refractivity contribution in [2.45, 2.75) is 13.8 Å². The lowest BCUT2D eigenvalue weighted by molar-refractivity contribution is -0.136. The highest BCUT2D eigenvalue weighted by Gasteiger charge is 2.13. The molecule has 0 aliphatic carbocycles. The highest BCUT2D eigenvalue weighted by atomic mass is 79.9. The largest absolute Gasteiger partial charge is 0.335 e. The zero-order chi connectivity index (χ0) is 13.7. The minimum Gasteiger partial charge on any atom is -0.335 e. The van der Waals surface area contributed by atoms with Gasteiger partial charge in [0.2, 0.25) is 0 Å². The molecule has 2 N–H and O–H groups in total. The Morgan fingerprint density at radius 1 is 1.28 bits per heavy atom. The van der Waals surface area contributed by atoms with Gasteiger partial charge in [-0.15, -0.1) is 0 Å². The molecule has 0 unspecified atom stereocenters. The Morgan fingerprint density at radius 2 is 1.83 bits per heavy atom. The van der Waals surface area contributed by atoms with Gasteiger partial charge in [0, 0.05) is 10.2 Å². The normalized spacial score (nSPS) is 9.44. The standard InChI is InChI=1S/C12H12BrN3O2/c1-7-5-9(6-8(2)10(7)13)16-12(18)11(17)15-4-3-14/h5-6H,4H2,1-2H3,(H,15,17)(H,16,18). The van der Waals surface area contributed by atoms with E-state index in [1.54, 1.807) is 18.2 Å². The van der Waals surface area contributed by atoms with Gasteiger partial charge in [-0.1, -0.05) is 15.9 Å². The number of anilines is 1. The molecule has 0 aliphatic rings. The van der Waals surface area contributed by atoms with E-state index in [2.05, 4.69) is 26.6 Å². The molecule has 1 rings (SSSR count). The van der Waals surface area contributed by atoms with Crippen LogP contribution in [0.2, 0.25) is 0 Å². The van der Waals surface area contributed by atoms with Crippen molar-refractivity contribution in [2.24, 2.45) is 0 Å². The topological polar surface area (TPSA) is 82.0 Å². The molecule has 0 bridgehead atoms. The summed E-state index contributed by atoms with van der Waals surface area (Å²) < 4.78 is 0.967. The maximum absolute atomic E-state index is 11.5. The van der Waals surface area contributed by atoms with Crippen molar-refractivity contribution in [1.82, 2.24) is 5.32 Å². The monoisotopic (exact) mass is 309 g/mol. The number of carbonyl (C=O) groups excluding carboxylic acids is 2. The van der Waals surface area contributed by atoms with E-state index in [1.807, 2.05) is 13.8 Å². The van der Waals surface area contributed by atoms with E-state index in [9.17, 15) is 9.59 Å². The average molecular weight is 310 g/mol. The maximum Gasteiger partial charge on any atom is 0.313 e. The quantitative estimate of drug-likeness (QED) is 0.643. The van der Waals surface area contributed by atoms with Crippen LogP contribution in [-0.4, -0.2) is 18.4 Å². The van der Waals surface area contributed by atoms with Crippen LogP contribution in [0.5, 0.6) is 0 Å².